The Kier molecular flexibility index (Phi) is 7.80. The van der Waals surface area contributed by atoms with Crippen LogP contribution in [0.25, 0.3) is 0 Å². The Balaban J connectivity index is 1.73. The summed E-state index contributed by atoms with van der Waals surface area (Å²) in [5.41, 5.74) is 3.89. The zero-order chi connectivity index (χ0) is 22.6. The monoisotopic (exact) mass is 560 g/mol. The first-order valence-electron chi connectivity index (χ1n) is 9.80. The van der Waals surface area contributed by atoms with Crippen LogP contribution in [0.3, 0.4) is 0 Å². The summed E-state index contributed by atoms with van der Waals surface area (Å²) in [5.74, 6) is -2.07. The number of benzene rings is 2. The number of nitrogens with zero attached hydrogens (tertiary/aromatic N) is 1. The van der Waals surface area contributed by atoms with Gasteiger partial charge in [0.05, 0.1) is 16.2 Å². The van der Waals surface area contributed by atoms with Crippen LogP contribution in [-0.2, 0) is 16.1 Å². The van der Waals surface area contributed by atoms with Gasteiger partial charge in [-0.15, -0.1) is 0 Å². The summed E-state index contributed by atoms with van der Waals surface area (Å²) in [6.07, 6.45) is -4.07. The van der Waals surface area contributed by atoms with E-state index in [9.17, 15) is 22.8 Å². The first-order valence-corrected chi connectivity index (χ1v) is 11.6. The molecule has 31 heavy (non-hydrogen) atoms. The predicted molar refractivity (Wildman–Crippen MR) is 120 cm³/mol. The third-order valence-electron chi connectivity index (χ3n) is 5.12. The maximum atomic E-state index is 13.1. The van der Waals surface area contributed by atoms with E-state index in [2.05, 4.69) is 31.9 Å². The molecular weight excluding hydrogens is 541 g/mol. The molecule has 1 heterocycles. The minimum Gasteiger partial charge on any atom is -0.348 e. The van der Waals surface area contributed by atoms with E-state index >= 15 is 0 Å². The summed E-state index contributed by atoms with van der Waals surface area (Å²) in [6, 6.07) is 15.6. The molecule has 1 N–H and O–H groups in total. The van der Waals surface area contributed by atoms with Gasteiger partial charge in [-0.1, -0.05) is 74.3 Å². The number of halogens is 5. The largest absolute Gasteiger partial charge is 0.471 e. The van der Waals surface area contributed by atoms with Crippen molar-refractivity contribution in [2.45, 2.75) is 41.6 Å². The molecule has 0 aliphatic carbocycles. The van der Waals surface area contributed by atoms with Gasteiger partial charge in [-0.05, 0) is 35.6 Å². The molecule has 0 saturated heterocycles. The van der Waals surface area contributed by atoms with Gasteiger partial charge >= 0.3 is 12.1 Å². The second-order valence-electron chi connectivity index (χ2n) is 7.25. The van der Waals surface area contributed by atoms with Crippen molar-refractivity contribution in [1.29, 1.82) is 0 Å². The average Bonchev–Trinajstić information content (AvgIpc) is 2.75. The highest BCUT2D eigenvalue weighted by Crippen LogP contribution is 2.48. The van der Waals surface area contributed by atoms with E-state index in [-0.39, 0.29) is 34.9 Å². The quantitative estimate of drug-likeness (QED) is 0.362. The number of amides is 2. The van der Waals surface area contributed by atoms with E-state index in [1.165, 1.54) is 0 Å². The minimum atomic E-state index is -4.89. The number of anilines is 1. The maximum absolute atomic E-state index is 13.1. The fraction of sp³-hybridized carbons (Fsp3) is 0.364. The molecule has 3 rings (SSSR count). The molecule has 2 atom stereocenters. The highest BCUT2D eigenvalue weighted by atomic mass is 79.9. The number of nitrogens with one attached hydrogen (secondary N) is 1. The number of carbonyl (C=O) groups is 2. The number of carbonyl (C=O) groups excluding carboxylic acids is 2. The van der Waals surface area contributed by atoms with Gasteiger partial charge in [0, 0.05) is 18.7 Å². The SMILES string of the molecule is O=C(CCCCNC(=O)C(F)(F)F)N1Cc2ccccc2C(Br)C(Br)c2ccccc21. The third kappa shape index (κ3) is 5.68. The van der Waals surface area contributed by atoms with Crippen LogP contribution in [0, 0.1) is 0 Å². The van der Waals surface area contributed by atoms with Crippen molar-refractivity contribution < 1.29 is 22.8 Å². The van der Waals surface area contributed by atoms with Gasteiger partial charge < -0.3 is 10.2 Å². The molecule has 9 heteroatoms. The standard InChI is InChI=1S/C22H21Br2F3N2O2/c23-19-15-8-2-1-7-14(15)13-29(17-10-4-3-9-16(17)20(19)24)18(30)11-5-6-12-28-21(31)22(25,26)27/h1-4,7-10,19-20H,5-6,11-13H2,(H,28,31). The van der Waals surface area contributed by atoms with Crippen LogP contribution < -0.4 is 10.2 Å². The summed E-state index contributed by atoms with van der Waals surface area (Å²) in [4.78, 5) is 25.7. The Bertz CT molecular complexity index is 952. The van der Waals surface area contributed by atoms with Crippen LogP contribution in [0.2, 0.25) is 0 Å². The summed E-state index contributed by atoms with van der Waals surface area (Å²) in [7, 11) is 0. The lowest BCUT2D eigenvalue weighted by atomic mass is 9.95. The Morgan fingerprint density at radius 2 is 1.58 bits per heavy atom. The number of alkyl halides is 5. The fourth-order valence-corrected chi connectivity index (χ4v) is 4.95. The number of para-hydroxylation sites is 1. The van der Waals surface area contributed by atoms with E-state index in [0.717, 1.165) is 22.4 Å². The highest BCUT2D eigenvalue weighted by molar-refractivity contribution is 9.12. The van der Waals surface area contributed by atoms with Gasteiger partial charge in [0.15, 0.2) is 0 Å². The number of unbranched alkanes of at least 4 members (excludes halogenated alkanes) is 1. The summed E-state index contributed by atoms with van der Waals surface area (Å²) >= 11 is 7.55. The smallest absolute Gasteiger partial charge is 0.348 e. The predicted octanol–water partition coefficient (Wildman–Crippen LogP) is 5.95. The lowest BCUT2D eigenvalue weighted by Crippen LogP contribution is -2.37. The van der Waals surface area contributed by atoms with Crippen LogP contribution in [0.15, 0.2) is 48.5 Å². The third-order valence-corrected chi connectivity index (χ3v) is 7.88. The normalized spacial score (nSPS) is 18.4. The van der Waals surface area contributed by atoms with Gasteiger partial charge in [-0.25, -0.2) is 0 Å². The van der Waals surface area contributed by atoms with Crippen molar-refractivity contribution in [2.24, 2.45) is 0 Å². The van der Waals surface area contributed by atoms with E-state index < -0.39 is 12.1 Å². The molecule has 1 aliphatic rings. The van der Waals surface area contributed by atoms with Crippen LogP contribution >= 0.6 is 31.9 Å². The second kappa shape index (κ2) is 10.2. The fourth-order valence-electron chi connectivity index (χ4n) is 3.55. The first kappa shape index (κ1) is 23.8. The lowest BCUT2D eigenvalue weighted by molar-refractivity contribution is -0.173. The molecule has 0 aromatic heterocycles. The van der Waals surface area contributed by atoms with Gasteiger partial charge in [-0.3, -0.25) is 9.59 Å². The van der Waals surface area contributed by atoms with Crippen molar-refractivity contribution in [3.05, 3.63) is 65.2 Å². The van der Waals surface area contributed by atoms with Crippen molar-refractivity contribution in [3.63, 3.8) is 0 Å². The number of fused-ring (bicyclic) bond motifs is 2. The molecule has 2 unspecified atom stereocenters. The Hall–Kier alpha value is -1.87. The first-order chi connectivity index (χ1) is 14.7. The molecule has 166 valence electrons. The molecule has 2 aromatic rings. The molecule has 2 aromatic carbocycles. The van der Waals surface area contributed by atoms with Crippen molar-refractivity contribution in [1.82, 2.24) is 5.32 Å². The van der Waals surface area contributed by atoms with E-state index in [0.29, 0.717) is 13.0 Å². The number of hydrogen-bond donors (Lipinski definition) is 1. The minimum absolute atomic E-state index is 0.0272. The number of hydrogen-bond acceptors (Lipinski definition) is 2. The molecular formula is C22H21Br2F3N2O2. The zero-order valence-electron chi connectivity index (χ0n) is 16.5. The van der Waals surface area contributed by atoms with Crippen molar-refractivity contribution >= 4 is 49.4 Å². The van der Waals surface area contributed by atoms with Gasteiger partial charge in [0.25, 0.3) is 0 Å². The Labute approximate surface area is 195 Å². The maximum Gasteiger partial charge on any atom is 0.471 e. The number of rotatable bonds is 5. The van der Waals surface area contributed by atoms with Crippen molar-refractivity contribution in [3.8, 4) is 0 Å². The van der Waals surface area contributed by atoms with E-state index in [1.54, 1.807) is 4.90 Å². The summed E-state index contributed by atoms with van der Waals surface area (Å²) < 4.78 is 36.7. The summed E-state index contributed by atoms with van der Waals surface area (Å²) in [6.45, 7) is 0.276. The second-order valence-corrected chi connectivity index (χ2v) is 9.22. The van der Waals surface area contributed by atoms with E-state index in [4.69, 9.17) is 0 Å². The van der Waals surface area contributed by atoms with Crippen LogP contribution in [-0.4, -0.2) is 24.5 Å². The summed E-state index contributed by atoms with van der Waals surface area (Å²) in [5, 5.41) is 1.83. The molecule has 0 fully saturated rings. The zero-order valence-corrected chi connectivity index (χ0v) is 19.6. The molecule has 0 spiro atoms. The molecule has 0 saturated carbocycles. The van der Waals surface area contributed by atoms with Gasteiger partial charge in [0.1, 0.15) is 0 Å². The lowest BCUT2D eigenvalue weighted by Gasteiger charge is -2.33. The molecule has 1 aliphatic heterocycles. The topological polar surface area (TPSA) is 49.4 Å². The van der Waals surface area contributed by atoms with Crippen LogP contribution in [0.4, 0.5) is 18.9 Å². The molecule has 0 radical (unpaired) electrons. The molecule has 0 bridgehead atoms. The van der Waals surface area contributed by atoms with Crippen LogP contribution in [0.5, 0.6) is 0 Å². The van der Waals surface area contributed by atoms with Gasteiger partial charge in [-0.2, -0.15) is 13.2 Å². The molecule has 4 nitrogen and oxygen atoms in total. The Morgan fingerprint density at radius 1 is 0.968 bits per heavy atom. The average molecular weight is 562 g/mol. The molecule has 2 amide bonds. The highest BCUT2D eigenvalue weighted by Gasteiger charge is 2.38. The van der Waals surface area contributed by atoms with Crippen LogP contribution in [0.1, 0.15) is 45.6 Å². The van der Waals surface area contributed by atoms with Crippen molar-refractivity contribution in [2.75, 3.05) is 11.4 Å². The van der Waals surface area contributed by atoms with E-state index in [1.807, 2.05) is 53.8 Å². The Morgan fingerprint density at radius 3 is 2.29 bits per heavy atom. The van der Waals surface area contributed by atoms with Gasteiger partial charge in [0.2, 0.25) is 5.91 Å².